The van der Waals surface area contributed by atoms with Crippen LogP contribution >= 0.6 is 0 Å². The molecule has 0 saturated heterocycles. The Balaban J connectivity index is 2.51. The molecule has 1 aromatic carbocycles. The van der Waals surface area contributed by atoms with Crippen molar-refractivity contribution >= 4 is 5.82 Å². The molecule has 1 aromatic heterocycles. The zero-order valence-corrected chi connectivity index (χ0v) is 11.8. The molecule has 21 heavy (non-hydrogen) atoms. The molecule has 0 aliphatic heterocycles. The summed E-state index contributed by atoms with van der Waals surface area (Å²) in [6, 6.07) is 6.10. The fourth-order valence-electron chi connectivity index (χ4n) is 2.23. The van der Waals surface area contributed by atoms with Crippen LogP contribution in [0.1, 0.15) is 31.2 Å². The molecule has 2 N–H and O–H groups in total. The van der Waals surface area contributed by atoms with Crippen LogP contribution in [0.25, 0.3) is 11.3 Å². The third-order valence-electron chi connectivity index (χ3n) is 3.22. The van der Waals surface area contributed by atoms with Crippen LogP contribution in [0.5, 0.6) is 0 Å². The summed E-state index contributed by atoms with van der Waals surface area (Å²) in [5.41, 5.74) is 7.14. The maximum atomic E-state index is 12.8. The van der Waals surface area contributed by atoms with Crippen molar-refractivity contribution in [3.05, 3.63) is 35.7 Å². The largest absolute Gasteiger partial charge is 0.383 e. The highest BCUT2D eigenvalue weighted by Crippen LogP contribution is 2.30. The summed E-state index contributed by atoms with van der Waals surface area (Å²) < 4.78 is 27.4. The number of rotatable bonds is 5. The van der Waals surface area contributed by atoms with E-state index in [9.17, 15) is 8.78 Å². The van der Waals surface area contributed by atoms with Gasteiger partial charge in [-0.1, -0.05) is 31.0 Å². The molecule has 3 nitrogen and oxygen atoms in total. The average Bonchev–Trinajstić information content (AvgIpc) is 2.77. The monoisotopic (exact) mass is 289 g/mol. The summed E-state index contributed by atoms with van der Waals surface area (Å²) >= 11 is 0. The summed E-state index contributed by atoms with van der Waals surface area (Å²) in [7, 11) is 0. The van der Waals surface area contributed by atoms with Gasteiger partial charge in [-0.3, -0.25) is 0 Å². The van der Waals surface area contributed by atoms with Gasteiger partial charge < -0.3 is 10.3 Å². The van der Waals surface area contributed by atoms with E-state index in [1.807, 2.05) is 6.92 Å². The normalized spacial score (nSPS) is 10.8. The molecule has 0 aliphatic rings. The fourth-order valence-corrected chi connectivity index (χ4v) is 2.23. The first-order chi connectivity index (χ1) is 10.1. The molecule has 0 unspecified atom stereocenters. The van der Waals surface area contributed by atoms with Crippen molar-refractivity contribution in [3.8, 4) is 23.6 Å². The first-order valence-corrected chi connectivity index (χ1v) is 6.75. The second-order valence-corrected chi connectivity index (χ2v) is 4.73. The number of aryl methyl sites for hydroxylation is 1. The SMILES string of the molecule is C#CCn1c(CCC)nc(-c2cccc(C(F)F)c2)c1N. The van der Waals surface area contributed by atoms with Gasteiger partial charge in [0.15, 0.2) is 0 Å². The Bertz CT molecular complexity index is 669. The van der Waals surface area contributed by atoms with Crippen LogP contribution in [0.15, 0.2) is 24.3 Å². The second-order valence-electron chi connectivity index (χ2n) is 4.73. The summed E-state index contributed by atoms with van der Waals surface area (Å²) in [5.74, 6) is 3.74. The Kier molecular flexibility index (Phi) is 4.59. The zero-order chi connectivity index (χ0) is 15.4. The van der Waals surface area contributed by atoms with Crippen molar-refractivity contribution in [1.29, 1.82) is 0 Å². The molecule has 0 fully saturated rings. The van der Waals surface area contributed by atoms with Gasteiger partial charge >= 0.3 is 0 Å². The van der Waals surface area contributed by atoms with Crippen molar-refractivity contribution < 1.29 is 8.78 Å². The highest BCUT2D eigenvalue weighted by molar-refractivity contribution is 5.71. The summed E-state index contributed by atoms with van der Waals surface area (Å²) in [6.07, 6.45) is 4.47. The minimum absolute atomic E-state index is 0.0459. The lowest BCUT2D eigenvalue weighted by Crippen LogP contribution is -2.06. The van der Waals surface area contributed by atoms with Crippen LogP contribution in [0.2, 0.25) is 0 Å². The number of halogens is 2. The minimum atomic E-state index is -2.52. The number of hydrogen-bond donors (Lipinski definition) is 1. The smallest absolute Gasteiger partial charge is 0.263 e. The van der Waals surface area contributed by atoms with Crippen LogP contribution in [0.3, 0.4) is 0 Å². The van der Waals surface area contributed by atoms with Crippen molar-refractivity contribution in [2.45, 2.75) is 32.7 Å². The first-order valence-electron chi connectivity index (χ1n) is 6.75. The lowest BCUT2D eigenvalue weighted by atomic mass is 10.1. The molecule has 0 spiro atoms. The van der Waals surface area contributed by atoms with Crippen LogP contribution in [0.4, 0.5) is 14.6 Å². The minimum Gasteiger partial charge on any atom is -0.383 e. The lowest BCUT2D eigenvalue weighted by Gasteiger charge is -2.05. The molecule has 0 saturated carbocycles. The van der Waals surface area contributed by atoms with Gasteiger partial charge in [0.25, 0.3) is 6.43 Å². The first kappa shape index (κ1) is 15.0. The number of aromatic nitrogens is 2. The molecule has 110 valence electrons. The molecule has 5 heteroatoms. The number of nitrogens with zero attached hydrogens (tertiary/aromatic N) is 2. The van der Waals surface area contributed by atoms with Crippen molar-refractivity contribution in [2.75, 3.05) is 5.73 Å². The van der Waals surface area contributed by atoms with E-state index < -0.39 is 6.43 Å². The molecular formula is C16H17F2N3. The van der Waals surface area contributed by atoms with Gasteiger partial charge in [0.05, 0.1) is 6.54 Å². The highest BCUT2D eigenvalue weighted by Gasteiger charge is 2.16. The Morgan fingerprint density at radius 3 is 2.81 bits per heavy atom. The molecule has 0 atom stereocenters. The average molecular weight is 289 g/mol. The number of anilines is 1. The molecular weight excluding hydrogens is 272 g/mol. The number of terminal acetylenes is 1. The number of hydrogen-bond acceptors (Lipinski definition) is 2. The summed E-state index contributed by atoms with van der Waals surface area (Å²) in [6.45, 7) is 2.35. The maximum Gasteiger partial charge on any atom is 0.263 e. The van der Waals surface area contributed by atoms with Crippen molar-refractivity contribution in [1.82, 2.24) is 9.55 Å². The van der Waals surface area contributed by atoms with Gasteiger partial charge in [-0.05, 0) is 12.5 Å². The van der Waals surface area contributed by atoms with E-state index in [1.54, 1.807) is 16.7 Å². The summed E-state index contributed by atoms with van der Waals surface area (Å²) in [5, 5.41) is 0. The molecule has 0 aliphatic carbocycles. The van der Waals surface area contributed by atoms with Crippen molar-refractivity contribution in [3.63, 3.8) is 0 Å². The summed E-state index contributed by atoms with van der Waals surface area (Å²) in [4.78, 5) is 4.49. The van der Waals surface area contributed by atoms with E-state index in [2.05, 4.69) is 10.9 Å². The highest BCUT2D eigenvalue weighted by atomic mass is 19.3. The van der Waals surface area contributed by atoms with E-state index in [1.165, 1.54) is 12.1 Å². The molecule has 2 aromatic rings. The van der Waals surface area contributed by atoms with E-state index >= 15 is 0 Å². The Morgan fingerprint density at radius 1 is 1.43 bits per heavy atom. The van der Waals surface area contributed by atoms with Crippen molar-refractivity contribution in [2.24, 2.45) is 0 Å². The van der Waals surface area contributed by atoms with Crippen LogP contribution in [0, 0.1) is 12.3 Å². The number of benzene rings is 1. The maximum absolute atomic E-state index is 12.8. The Labute approximate surface area is 122 Å². The third-order valence-corrected chi connectivity index (χ3v) is 3.22. The van der Waals surface area contributed by atoms with Gasteiger partial charge in [-0.15, -0.1) is 6.42 Å². The number of nitrogen functional groups attached to an aromatic ring is 1. The topological polar surface area (TPSA) is 43.8 Å². The molecule has 1 heterocycles. The van der Waals surface area contributed by atoms with Gasteiger partial charge in [0.1, 0.15) is 17.3 Å². The van der Waals surface area contributed by atoms with Crippen LogP contribution < -0.4 is 5.73 Å². The standard InChI is InChI=1S/C16H17F2N3/c1-3-6-13-20-14(16(19)21(13)9-4-2)11-7-5-8-12(10-11)15(17)18/h2,5,7-8,10,15H,3,6,9,19H2,1H3. The van der Waals surface area contributed by atoms with Gasteiger partial charge in [-0.2, -0.15) is 0 Å². The molecule has 2 rings (SSSR count). The van der Waals surface area contributed by atoms with Gasteiger partial charge in [-0.25, -0.2) is 13.8 Å². The third kappa shape index (κ3) is 3.05. The van der Waals surface area contributed by atoms with E-state index in [-0.39, 0.29) is 5.56 Å². The van der Waals surface area contributed by atoms with Crippen LogP contribution in [-0.4, -0.2) is 9.55 Å². The molecule has 0 radical (unpaired) electrons. The Hall–Kier alpha value is -2.35. The lowest BCUT2D eigenvalue weighted by molar-refractivity contribution is 0.151. The van der Waals surface area contributed by atoms with E-state index in [4.69, 9.17) is 12.2 Å². The van der Waals surface area contributed by atoms with Crippen LogP contribution in [-0.2, 0) is 13.0 Å². The predicted molar refractivity (Wildman–Crippen MR) is 79.9 cm³/mol. The number of imidazole rings is 1. The van der Waals surface area contributed by atoms with E-state index in [0.29, 0.717) is 23.6 Å². The zero-order valence-electron chi connectivity index (χ0n) is 11.8. The predicted octanol–water partition coefficient (Wildman–Crippen LogP) is 3.66. The fraction of sp³-hybridized carbons (Fsp3) is 0.312. The van der Waals surface area contributed by atoms with E-state index in [0.717, 1.165) is 18.7 Å². The molecule has 0 amide bonds. The second kappa shape index (κ2) is 6.40. The van der Waals surface area contributed by atoms with Gasteiger partial charge in [0.2, 0.25) is 0 Å². The Morgan fingerprint density at radius 2 is 2.19 bits per heavy atom. The van der Waals surface area contributed by atoms with Gasteiger partial charge in [0, 0.05) is 17.5 Å². The number of nitrogens with two attached hydrogens (primary N) is 1. The quantitative estimate of drug-likeness (QED) is 0.854. The number of alkyl halides is 2. The molecule has 0 bridgehead atoms.